The van der Waals surface area contributed by atoms with Crippen LogP contribution in [0.25, 0.3) is 11.1 Å². The number of aromatic nitrogens is 1. The van der Waals surface area contributed by atoms with Crippen molar-refractivity contribution in [3.63, 3.8) is 0 Å². The first-order chi connectivity index (χ1) is 17.0. The number of alkyl carbamates (subject to hydrolysis) is 1. The maximum Gasteiger partial charge on any atom is 0.407 e. The SMILES string of the molecule is O=C(NCc1nocc1C(=O)NC1(C(=O)O)CCCC1)OCC1c2ccccc2-c2ccccc21. The number of carboxylic acid groups (broad SMARTS) is 1. The molecule has 0 unspecified atom stereocenters. The maximum absolute atomic E-state index is 12.8. The molecule has 9 heteroatoms. The monoisotopic (exact) mass is 475 g/mol. The molecule has 0 atom stereocenters. The van der Waals surface area contributed by atoms with E-state index in [2.05, 4.69) is 27.9 Å². The van der Waals surface area contributed by atoms with E-state index in [9.17, 15) is 19.5 Å². The average molecular weight is 476 g/mol. The minimum Gasteiger partial charge on any atom is -0.480 e. The molecule has 0 radical (unpaired) electrons. The summed E-state index contributed by atoms with van der Waals surface area (Å²) in [5, 5.41) is 18.6. The molecule has 180 valence electrons. The summed E-state index contributed by atoms with van der Waals surface area (Å²) in [6.07, 6.45) is 2.69. The Morgan fingerprint density at radius 2 is 1.66 bits per heavy atom. The van der Waals surface area contributed by atoms with Crippen LogP contribution in [0.4, 0.5) is 4.79 Å². The molecule has 35 heavy (non-hydrogen) atoms. The molecule has 0 spiro atoms. The lowest BCUT2D eigenvalue weighted by atomic mass is 9.97. The second-order valence-corrected chi connectivity index (χ2v) is 8.90. The highest BCUT2D eigenvalue weighted by Gasteiger charge is 2.43. The van der Waals surface area contributed by atoms with Gasteiger partial charge in [-0.05, 0) is 35.1 Å². The van der Waals surface area contributed by atoms with Gasteiger partial charge in [0.2, 0.25) is 0 Å². The number of carboxylic acids is 1. The second-order valence-electron chi connectivity index (χ2n) is 8.90. The first kappa shape index (κ1) is 22.6. The zero-order valence-electron chi connectivity index (χ0n) is 19.0. The number of nitrogens with one attached hydrogen (secondary N) is 2. The van der Waals surface area contributed by atoms with Crippen molar-refractivity contribution in [1.29, 1.82) is 0 Å². The first-order valence-corrected chi connectivity index (χ1v) is 11.6. The van der Waals surface area contributed by atoms with E-state index in [1.807, 2.05) is 36.4 Å². The minimum atomic E-state index is -1.29. The molecule has 0 bridgehead atoms. The van der Waals surface area contributed by atoms with Crippen molar-refractivity contribution < 1.29 is 28.8 Å². The predicted octanol–water partition coefficient (Wildman–Crippen LogP) is 3.84. The zero-order chi connectivity index (χ0) is 24.4. The van der Waals surface area contributed by atoms with Gasteiger partial charge in [0.05, 0.1) is 6.54 Å². The molecule has 2 amide bonds. The maximum atomic E-state index is 12.8. The third-order valence-corrected chi connectivity index (χ3v) is 6.85. The molecule has 2 aliphatic carbocycles. The highest BCUT2D eigenvalue weighted by atomic mass is 16.5. The van der Waals surface area contributed by atoms with Crippen LogP contribution in [0.1, 0.15) is 58.8 Å². The van der Waals surface area contributed by atoms with Crippen molar-refractivity contribution >= 4 is 18.0 Å². The molecule has 2 aromatic carbocycles. The fourth-order valence-electron chi connectivity index (χ4n) is 5.03. The number of amides is 2. The van der Waals surface area contributed by atoms with Crippen molar-refractivity contribution in [1.82, 2.24) is 15.8 Å². The van der Waals surface area contributed by atoms with Gasteiger partial charge in [0.1, 0.15) is 29.7 Å². The summed E-state index contributed by atoms with van der Waals surface area (Å²) >= 11 is 0. The Kier molecular flexibility index (Phi) is 5.98. The quantitative estimate of drug-likeness (QED) is 0.473. The van der Waals surface area contributed by atoms with Crippen LogP contribution >= 0.6 is 0 Å². The van der Waals surface area contributed by atoms with Crippen molar-refractivity contribution in [2.24, 2.45) is 0 Å². The van der Waals surface area contributed by atoms with Gasteiger partial charge < -0.3 is 25.0 Å². The Hall–Kier alpha value is -4.14. The van der Waals surface area contributed by atoms with Gasteiger partial charge in [0.15, 0.2) is 0 Å². The Bertz CT molecular complexity index is 1230. The molecule has 1 heterocycles. The van der Waals surface area contributed by atoms with E-state index in [1.165, 1.54) is 0 Å². The van der Waals surface area contributed by atoms with E-state index in [1.54, 1.807) is 0 Å². The van der Waals surface area contributed by atoms with Crippen molar-refractivity contribution in [3.05, 3.63) is 77.2 Å². The largest absolute Gasteiger partial charge is 0.480 e. The number of hydrogen-bond acceptors (Lipinski definition) is 6. The number of ether oxygens (including phenoxy) is 1. The molecule has 3 N–H and O–H groups in total. The lowest BCUT2D eigenvalue weighted by Gasteiger charge is -2.25. The third-order valence-electron chi connectivity index (χ3n) is 6.85. The molecule has 1 saturated carbocycles. The number of hydrogen-bond donors (Lipinski definition) is 3. The predicted molar refractivity (Wildman–Crippen MR) is 125 cm³/mol. The number of rotatable bonds is 7. The number of nitrogens with zero attached hydrogens (tertiary/aromatic N) is 1. The summed E-state index contributed by atoms with van der Waals surface area (Å²) < 4.78 is 10.4. The van der Waals surface area contributed by atoms with E-state index in [0.717, 1.165) is 41.4 Å². The topological polar surface area (TPSA) is 131 Å². The molecule has 2 aliphatic rings. The molecule has 1 aromatic heterocycles. The van der Waals surface area contributed by atoms with Gasteiger partial charge in [0, 0.05) is 5.92 Å². The number of fused-ring (bicyclic) bond motifs is 3. The fraction of sp³-hybridized carbons (Fsp3) is 0.308. The molecular weight excluding hydrogens is 450 g/mol. The van der Waals surface area contributed by atoms with E-state index in [4.69, 9.17) is 9.26 Å². The standard InChI is InChI=1S/C26H25N3O6/c30-23(28-26(24(31)32)11-5-6-12-26)21-15-35-29-22(21)13-27-25(33)34-14-20-18-9-3-1-7-16(18)17-8-2-4-10-19(17)20/h1-4,7-10,15,20H,5-6,11-14H2,(H,27,33)(H,28,30)(H,31,32). The van der Waals surface area contributed by atoms with Crippen molar-refractivity contribution in [3.8, 4) is 11.1 Å². The van der Waals surface area contributed by atoms with Crippen LogP contribution in [0.3, 0.4) is 0 Å². The van der Waals surface area contributed by atoms with Crippen molar-refractivity contribution in [2.75, 3.05) is 6.61 Å². The summed E-state index contributed by atoms with van der Waals surface area (Å²) in [4.78, 5) is 36.9. The Morgan fingerprint density at radius 3 is 2.29 bits per heavy atom. The summed E-state index contributed by atoms with van der Waals surface area (Å²) in [5.41, 5.74) is 3.47. The lowest BCUT2D eigenvalue weighted by Crippen LogP contribution is -2.52. The van der Waals surface area contributed by atoms with Gasteiger partial charge in [-0.25, -0.2) is 9.59 Å². The van der Waals surface area contributed by atoms with Gasteiger partial charge in [-0.3, -0.25) is 4.79 Å². The number of carbonyl (C=O) groups excluding carboxylic acids is 2. The summed E-state index contributed by atoms with van der Waals surface area (Å²) in [5.74, 6) is -1.72. The molecule has 0 saturated heterocycles. The zero-order valence-corrected chi connectivity index (χ0v) is 19.0. The normalized spacial score (nSPS) is 15.8. The van der Waals surface area contributed by atoms with Gasteiger partial charge in [-0.1, -0.05) is 66.5 Å². The highest BCUT2D eigenvalue weighted by Crippen LogP contribution is 2.44. The molecule has 1 fully saturated rings. The van der Waals surface area contributed by atoms with E-state index < -0.39 is 23.5 Å². The van der Waals surface area contributed by atoms with Crippen molar-refractivity contribution in [2.45, 2.75) is 43.7 Å². The molecule has 3 aromatic rings. The van der Waals surface area contributed by atoms with Gasteiger partial charge in [-0.15, -0.1) is 0 Å². The lowest BCUT2D eigenvalue weighted by molar-refractivity contribution is -0.144. The molecular formula is C26H25N3O6. The van der Waals surface area contributed by atoms with Gasteiger partial charge in [-0.2, -0.15) is 0 Å². The van der Waals surface area contributed by atoms with Crippen LogP contribution < -0.4 is 10.6 Å². The smallest absolute Gasteiger partial charge is 0.407 e. The average Bonchev–Trinajstić information content (AvgIpc) is 3.60. The van der Waals surface area contributed by atoms with E-state index in [0.29, 0.717) is 12.8 Å². The summed E-state index contributed by atoms with van der Waals surface area (Å²) in [6, 6.07) is 16.1. The molecule has 0 aliphatic heterocycles. The van der Waals surface area contributed by atoms with Crippen LogP contribution in [0.15, 0.2) is 59.3 Å². The van der Waals surface area contributed by atoms with Gasteiger partial charge in [0.25, 0.3) is 5.91 Å². The minimum absolute atomic E-state index is 0.0693. The Morgan fingerprint density at radius 1 is 1.03 bits per heavy atom. The summed E-state index contributed by atoms with van der Waals surface area (Å²) in [7, 11) is 0. The highest BCUT2D eigenvalue weighted by molar-refractivity contribution is 5.98. The Balaban J connectivity index is 1.20. The van der Waals surface area contributed by atoms with Crippen LogP contribution in [-0.2, 0) is 16.1 Å². The first-order valence-electron chi connectivity index (χ1n) is 11.6. The second kappa shape index (κ2) is 9.25. The van der Waals surface area contributed by atoms with E-state index in [-0.39, 0.29) is 30.3 Å². The van der Waals surface area contributed by atoms with Crippen LogP contribution in [0, 0.1) is 0 Å². The molecule has 5 rings (SSSR count). The van der Waals surface area contributed by atoms with Crippen LogP contribution in [0.2, 0.25) is 0 Å². The van der Waals surface area contributed by atoms with Crippen LogP contribution in [0.5, 0.6) is 0 Å². The fourth-order valence-corrected chi connectivity index (χ4v) is 5.03. The van der Waals surface area contributed by atoms with E-state index >= 15 is 0 Å². The summed E-state index contributed by atoms with van der Waals surface area (Å²) in [6.45, 7) is 0.0587. The third kappa shape index (κ3) is 4.25. The van der Waals surface area contributed by atoms with Crippen LogP contribution in [-0.4, -0.2) is 40.4 Å². The van der Waals surface area contributed by atoms with Gasteiger partial charge >= 0.3 is 12.1 Å². The number of aliphatic carboxylic acids is 1. The Labute approximate surface area is 201 Å². The number of benzene rings is 2. The molecule has 9 nitrogen and oxygen atoms in total. The number of carbonyl (C=O) groups is 3.